The highest BCUT2D eigenvalue weighted by Crippen LogP contribution is 2.28. The number of nitrogens with one attached hydrogen (secondary N) is 1. The van der Waals surface area contributed by atoms with Gasteiger partial charge < -0.3 is 4.90 Å². The molecule has 0 spiro atoms. The maximum Gasteiger partial charge on any atom is 0.238 e. The quantitative estimate of drug-likeness (QED) is 0.893. The summed E-state index contributed by atoms with van der Waals surface area (Å²) in [5.41, 5.74) is 0.215. The molecule has 0 radical (unpaired) electrons. The lowest BCUT2D eigenvalue weighted by Gasteiger charge is -2.31. The molecule has 1 heterocycles. The Hall–Kier alpha value is -1.49. The number of hydrogen-bond donors (Lipinski definition) is 1. The molecule has 19 heavy (non-hydrogen) atoms. The highest BCUT2D eigenvalue weighted by Gasteiger charge is 2.35. The zero-order valence-electron chi connectivity index (χ0n) is 11.3. The van der Waals surface area contributed by atoms with E-state index in [0.29, 0.717) is 12.1 Å². The van der Waals surface area contributed by atoms with Crippen molar-refractivity contribution in [3.8, 4) is 0 Å². The Bertz CT molecular complexity index is 497. The van der Waals surface area contributed by atoms with Crippen molar-refractivity contribution in [2.45, 2.75) is 26.9 Å². The molecule has 0 bridgehead atoms. The van der Waals surface area contributed by atoms with Crippen LogP contribution in [0, 0.1) is 17.0 Å². The zero-order chi connectivity index (χ0) is 14.2. The number of halogens is 2. The van der Waals surface area contributed by atoms with Crippen molar-refractivity contribution in [3.05, 3.63) is 35.4 Å². The van der Waals surface area contributed by atoms with Crippen molar-refractivity contribution >= 4 is 5.91 Å². The summed E-state index contributed by atoms with van der Waals surface area (Å²) >= 11 is 0. The van der Waals surface area contributed by atoms with Crippen LogP contribution < -0.4 is 5.32 Å². The second-order valence-corrected chi connectivity index (χ2v) is 6.03. The van der Waals surface area contributed by atoms with Gasteiger partial charge in [0.15, 0.2) is 0 Å². The largest absolute Gasteiger partial charge is 0.321 e. The van der Waals surface area contributed by atoms with Gasteiger partial charge in [0.1, 0.15) is 17.8 Å². The van der Waals surface area contributed by atoms with E-state index >= 15 is 0 Å². The topological polar surface area (TPSA) is 32.3 Å². The predicted octanol–water partition coefficient (Wildman–Crippen LogP) is 2.44. The van der Waals surface area contributed by atoms with Crippen molar-refractivity contribution in [2.24, 2.45) is 5.41 Å². The molecule has 1 fully saturated rings. The first-order chi connectivity index (χ1) is 8.78. The number of carbonyl (C=O) groups is 1. The summed E-state index contributed by atoms with van der Waals surface area (Å²) in [5, 5.41) is 2.97. The van der Waals surface area contributed by atoms with Crippen LogP contribution in [0.5, 0.6) is 0 Å². The van der Waals surface area contributed by atoms with Crippen LogP contribution in [0.3, 0.4) is 0 Å². The number of amides is 1. The summed E-state index contributed by atoms with van der Waals surface area (Å²) in [7, 11) is 0. The summed E-state index contributed by atoms with van der Waals surface area (Å²) in [5.74, 6) is -1.32. The second-order valence-electron chi connectivity index (χ2n) is 6.03. The molecule has 5 heteroatoms. The SMILES string of the molecule is CC(C)(C)CN1C(=O)CNC1c1ccc(F)cc1F. The minimum atomic E-state index is -0.633. The lowest BCUT2D eigenvalue weighted by atomic mass is 9.95. The maximum atomic E-state index is 13.8. The first-order valence-corrected chi connectivity index (χ1v) is 6.26. The van der Waals surface area contributed by atoms with Crippen LogP contribution in [-0.2, 0) is 4.79 Å². The lowest BCUT2D eigenvalue weighted by molar-refractivity contribution is -0.129. The van der Waals surface area contributed by atoms with Gasteiger partial charge in [0.2, 0.25) is 5.91 Å². The smallest absolute Gasteiger partial charge is 0.238 e. The average Bonchev–Trinajstić information content (AvgIpc) is 2.59. The summed E-state index contributed by atoms with van der Waals surface area (Å²) in [6, 6.07) is 3.43. The summed E-state index contributed by atoms with van der Waals surface area (Å²) in [6.45, 7) is 6.72. The van der Waals surface area contributed by atoms with Gasteiger partial charge in [-0.3, -0.25) is 10.1 Å². The van der Waals surface area contributed by atoms with E-state index in [-0.39, 0.29) is 17.9 Å². The van der Waals surface area contributed by atoms with E-state index in [4.69, 9.17) is 0 Å². The molecule has 0 saturated carbocycles. The van der Waals surface area contributed by atoms with Crippen LogP contribution in [0.2, 0.25) is 0 Å². The third-order valence-electron chi connectivity index (χ3n) is 2.98. The van der Waals surface area contributed by atoms with E-state index in [1.165, 1.54) is 12.1 Å². The molecule has 1 aromatic rings. The van der Waals surface area contributed by atoms with E-state index < -0.39 is 17.8 Å². The molecule has 3 nitrogen and oxygen atoms in total. The predicted molar refractivity (Wildman–Crippen MR) is 68.3 cm³/mol. The average molecular weight is 268 g/mol. The Kier molecular flexibility index (Phi) is 3.58. The molecule has 1 aromatic carbocycles. The van der Waals surface area contributed by atoms with E-state index in [1.54, 1.807) is 4.90 Å². The Morgan fingerprint density at radius 1 is 1.37 bits per heavy atom. The fourth-order valence-electron chi connectivity index (χ4n) is 2.23. The van der Waals surface area contributed by atoms with E-state index in [2.05, 4.69) is 5.32 Å². The standard InChI is InChI=1S/C14H18F2N2O/c1-14(2,3)8-18-12(19)7-17-13(18)10-5-4-9(15)6-11(10)16/h4-6,13,17H,7-8H2,1-3H3. The second kappa shape index (κ2) is 4.89. The van der Waals surface area contributed by atoms with E-state index in [0.717, 1.165) is 6.07 Å². The third-order valence-corrected chi connectivity index (χ3v) is 2.98. The van der Waals surface area contributed by atoms with Gasteiger partial charge in [0.05, 0.1) is 6.54 Å². The summed E-state index contributed by atoms with van der Waals surface area (Å²) in [6.07, 6.45) is -0.521. The highest BCUT2D eigenvalue weighted by atomic mass is 19.1. The number of carbonyl (C=O) groups excluding carboxylic acids is 1. The van der Waals surface area contributed by atoms with Crippen LogP contribution in [-0.4, -0.2) is 23.9 Å². The van der Waals surface area contributed by atoms with Crippen molar-refractivity contribution in [1.82, 2.24) is 10.2 Å². The van der Waals surface area contributed by atoms with Gasteiger partial charge in [-0.2, -0.15) is 0 Å². The maximum absolute atomic E-state index is 13.8. The Morgan fingerprint density at radius 3 is 2.63 bits per heavy atom. The van der Waals surface area contributed by atoms with Gasteiger partial charge in [0, 0.05) is 18.2 Å². The minimum absolute atomic E-state index is 0.0661. The number of nitrogens with zero attached hydrogens (tertiary/aromatic N) is 1. The van der Waals surface area contributed by atoms with E-state index in [9.17, 15) is 13.6 Å². The molecule has 1 aliphatic rings. The Labute approximate surface area is 111 Å². The number of rotatable bonds is 2. The number of hydrogen-bond acceptors (Lipinski definition) is 2. The molecule has 0 aliphatic carbocycles. The molecule has 2 rings (SSSR count). The molecule has 0 aromatic heterocycles. The fraction of sp³-hybridized carbons (Fsp3) is 0.500. The van der Waals surface area contributed by atoms with Crippen molar-refractivity contribution in [3.63, 3.8) is 0 Å². The summed E-state index contributed by atoms with van der Waals surface area (Å²) in [4.78, 5) is 13.5. The van der Waals surface area contributed by atoms with Gasteiger partial charge in [-0.1, -0.05) is 20.8 Å². The molecule has 1 unspecified atom stereocenters. The Balaban J connectivity index is 2.29. The number of benzene rings is 1. The van der Waals surface area contributed by atoms with Gasteiger partial charge in [-0.15, -0.1) is 0 Å². The van der Waals surface area contributed by atoms with Crippen LogP contribution in [0.15, 0.2) is 18.2 Å². The zero-order valence-corrected chi connectivity index (χ0v) is 11.3. The van der Waals surface area contributed by atoms with Gasteiger partial charge in [-0.05, 0) is 17.5 Å². The van der Waals surface area contributed by atoms with Crippen molar-refractivity contribution < 1.29 is 13.6 Å². The molecule has 1 saturated heterocycles. The normalized spacial score (nSPS) is 20.2. The van der Waals surface area contributed by atoms with Crippen molar-refractivity contribution in [1.29, 1.82) is 0 Å². The first kappa shape index (κ1) is 13.9. The monoisotopic (exact) mass is 268 g/mol. The summed E-state index contributed by atoms with van der Waals surface area (Å²) < 4.78 is 26.8. The lowest BCUT2D eigenvalue weighted by Crippen LogP contribution is -2.37. The molecular weight excluding hydrogens is 250 g/mol. The fourth-order valence-corrected chi connectivity index (χ4v) is 2.23. The van der Waals surface area contributed by atoms with Gasteiger partial charge in [0.25, 0.3) is 0 Å². The first-order valence-electron chi connectivity index (χ1n) is 6.26. The third kappa shape index (κ3) is 3.10. The molecular formula is C14H18F2N2O. The van der Waals surface area contributed by atoms with Crippen LogP contribution >= 0.6 is 0 Å². The van der Waals surface area contributed by atoms with Crippen LogP contribution in [0.1, 0.15) is 32.5 Å². The highest BCUT2D eigenvalue weighted by molar-refractivity contribution is 5.81. The molecule has 1 aliphatic heterocycles. The Morgan fingerprint density at radius 2 is 2.05 bits per heavy atom. The van der Waals surface area contributed by atoms with Gasteiger partial charge in [-0.25, -0.2) is 8.78 Å². The minimum Gasteiger partial charge on any atom is -0.321 e. The van der Waals surface area contributed by atoms with Crippen LogP contribution in [0.25, 0.3) is 0 Å². The van der Waals surface area contributed by atoms with Crippen molar-refractivity contribution in [2.75, 3.05) is 13.1 Å². The van der Waals surface area contributed by atoms with E-state index in [1.807, 2.05) is 20.8 Å². The molecule has 1 amide bonds. The molecule has 1 atom stereocenters. The molecule has 104 valence electrons. The van der Waals surface area contributed by atoms with Crippen LogP contribution in [0.4, 0.5) is 8.78 Å². The molecule has 1 N–H and O–H groups in total. The van der Waals surface area contributed by atoms with Gasteiger partial charge >= 0.3 is 0 Å².